The van der Waals surface area contributed by atoms with Crippen LogP contribution in [0.25, 0.3) is 0 Å². The van der Waals surface area contributed by atoms with Crippen LogP contribution in [0.4, 0.5) is 0 Å². The molecule has 3 nitrogen and oxygen atoms in total. The Bertz CT molecular complexity index is 297. The lowest BCUT2D eigenvalue weighted by atomic mass is 9.92. The van der Waals surface area contributed by atoms with Crippen molar-refractivity contribution in [2.24, 2.45) is 11.3 Å². The van der Waals surface area contributed by atoms with Crippen LogP contribution in [-0.2, 0) is 4.79 Å². The van der Waals surface area contributed by atoms with E-state index in [1.807, 2.05) is 32.7 Å². The van der Waals surface area contributed by atoms with Gasteiger partial charge in [0.25, 0.3) is 0 Å². The Morgan fingerprint density at radius 3 is 1.68 bits per heavy atom. The molecule has 0 aromatic heterocycles. The highest BCUT2D eigenvalue weighted by molar-refractivity contribution is 5.81. The van der Waals surface area contributed by atoms with Gasteiger partial charge in [-0.15, -0.1) is 0 Å². The number of amides is 1. The molecule has 0 radical (unpaired) electrons. The molecule has 0 saturated heterocycles. The zero-order valence-corrected chi connectivity index (χ0v) is 14.7. The first-order chi connectivity index (χ1) is 8.28. The van der Waals surface area contributed by atoms with Gasteiger partial charge in [0.05, 0.1) is 0 Å². The molecule has 0 aromatic carbocycles. The lowest BCUT2D eigenvalue weighted by molar-refractivity contribution is -0.141. The first kappa shape index (κ1) is 18.4. The molecule has 0 aliphatic rings. The van der Waals surface area contributed by atoms with Gasteiger partial charge in [0.2, 0.25) is 5.91 Å². The van der Waals surface area contributed by atoms with Gasteiger partial charge in [-0.2, -0.15) is 0 Å². The summed E-state index contributed by atoms with van der Waals surface area (Å²) in [6.07, 6.45) is 0. The highest BCUT2D eigenvalue weighted by Gasteiger charge is 2.32. The van der Waals surface area contributed by atoms with Crippen molar-refractivity contribution in [3.8, 4) is 0 Å². The zero-order chi connectivity index (χ0) is 15.6. The van der Waals surface area contributed by atoms with E-state index < -0.39 is 0 Å². The first-order valence-electron chi connectivity index (χ1n) is 7.27. The number of carbonyl (C=O) groups is 1. The van der Waals surface area contributed by atoms with Crippen LogP contribution in [0.5, 0.6) is 0 Å². The van der Waals surface area contributed by atoms with Crippen LogP contribution in [0.1, 0.15) is 55.4 Å². The molecule has 114 valence electrons. The maximum absolute atomic E-state index is 12.4. The van der Waals surface area contributed by atoms with Gasteiger partial charge >= 0.3 is 0 Å². The number of rotatable bonds is 4. The SMILES string of the molecule is CC(C)C(CN(C)C(C)(C)C)N(C)C(=O)C(C)(C)C. The van der Waals surface area contributed by atoms with Crippen molar-refractivity contribution in [1.29, 1.82) is 0 Å². The Labute approximate surface area is 120 Å². The molecular weight excluding hydrogens is 236 g/mol. The lowest BCUT2D eigenvalue weighted by Gasteiger charge is -2.41. The maximum atomic E-state index is 12.4. The molecular formula is C16H34N2O. The topological polar surface area (TPSA) is 23.6 Å². The normalized spacial score (nSPS) is 14.9. The van der Waals surface area contributed by atoms with E-state index in [0.29, 0.717) is 5.92 Å². The van der Waals surface area contributed by atoms with Crippen LogP contribution in [0.3, 0.4) is 0 Å². The smallest absolute Gasteiger partial charge is 0.227 e. The number of hydrogen-bond donors (Lipinski definition) is 0. The third kappa shape index (κ3) is 5.52. The quantitative estimate of drug-likeness (QED) is 0.783. The predicted octanol–water partition coefficient (Wildman–Crippen LogP) is 3.25. The lowest BCUT2D eigenvalue weighted by Crippen LogP contribution is -2.53. The monoisotopic (exact) mass is 270 g/mol. The summed E-state index contributed by atoms with van der Waals surface area (Å²) >= 11 is 0. The molecule has 1 atom stereocenters. The van der Waals surface area contributed by atoms with Gasteiger partial charge in [-0.3, -0.25) is 9.69 Å². The minimum atomic E-state index is -0.317. The van der Waals surface area contributed by atoms with Crippen LogP contribution in [0, 0.1) is 11.3 Å². The van der Waals surface area contributed by atoms with Gasteiger partial charge in [0.1, 0.15) is 0 Å². The molecule has 0 aromatic rings. The summed E-state index contributed by atoms with van der Waals surface area (Å²) < 4.78 is 0. The summed E-state index contributed by atoms with van der Waals surface area (Å²) in [6, 6.07) is 0.246. The third-order valence-corrected chi connectivity index (χ3v) is 3.84. The van der Waals surface area contributed by atoms with E-state index >= 15 is 0 Å². The van der Waals surface area contributed by atoms with Crippen molar-refractivity contribution in [2.45, 2.75) is 67.0 Å². The number of likely N-dealkylation sites (N-methyl/N-ethyl adjacent to an activating group) is 2. The molecule has 0 bridgehead atoms. The summed E-state index contributed by atoms with van der Waals surface area (Å²) in [5.41, 5.74) is -0.193. The van der Waals surface area contributed by atoms with Gasteiger partial charge in [0.15, 0.2) is 0 Å². The molecule has 0 N–H and O–H groups in total. The largest absolute Gasteiger partial charge is 0.341 e. The molecule has 1 amide bonds. The summed E-state index contributed by atoms with van der Waals surface area (Å²) in [4.78, 5) is 16.7. The summed E-state index contributed by atoms with van der Waals surface area (Å²) in [7, 11) is 4.07. The zero-order valence-electron chi connectivity index (χ0n) is 14.7. The molecule has 0 heterocycles. The molecule has 3 heteroatoms. The van der Waals surface area contributed by atoms with E-state index in [1.54, 1.807) is 0 Å². The van der Waals surface area contributed by atoms with Crippen molar-refractivity contribution < 1.29 is 4.79 Å². The Morgan fingerprint density at radius 2 is 1.42 bits per heavy atom. The molecule has 0 spiro atoms. The molecule has 0 aliphatic heterocycles. The average Bonchev–Trinajstić information content (AvgIpc) is 2.20. The van der Waals surface area contributed by atoms with Crippen LogP contribution >= 0.6 is 0 Å². The second-order valence-electron chi connectivity index (χ2n) is 8.03. The van der Waals surface area contributed by atoms with Gasteiger partial charge in [-0.25, -0.2) is 0 Å². The summed E-state index contributed by atoms with van der Waals surface area (Å²) in [6.45, 7) is 17.8. The highest BCUT2D eigenvalue weighted by atomic mass is 16.2. The fraction of sp³-hybridized carbons (Fsp3) is 0.938. The molecule has 0 fully saturated rings. The minimum Gasteiger partial charge on any atom is -0.341 e. The first-order valence-corrected chi connectivity index (χ1v) is 7.27. The molecule has 0 aliphatic carbocycles. The second kappa shape index (κ2) is 6.25. The van der Waals surface area contributed by atoms with Crippen LogP contribution in [0.15, 0.2) is 0 Å². The third-order valence-electron chi connectivity index (χ3n) is 3.84. The van der Waals surface area contributed by atoms with Crippen LogP contribution in [-0.4, -0.2) is 47.9 Å². The van der Waals surface area contributed by atoms with Crippen molar-refractivity contribution in [3.63, 3.8) is 0 Å². The summed E-state index contributed by atoms with van der Waals surface area (Å²) in [5, 5.41) is 0. The van der Waals surface area contributed by atoms with E-state index in [4.69, 9.17) is 0 Å². The number of carbonyl (C=O) groups excluding carboxylic acids is 1. The average molecular weight is 270 g/mol. The summed E-state index contributed by atoms with van der Waals surface area (Å²) in [5.74, 6) is 0.662. The van der Waals surface area contributed by atoms with Gasteiger partial charge < -0.3 is 4.90 Å². The number of nitrogens with zero attached hydrogens (tertiary/aromatic N) is 2. The van der Waals surface area contributed by atoms with Crippen LogP contribution < -0.4 is 0 Å². The molecule has 0 rings (SSSR count). The minimum absolute atomic E-state index is 0.124. The van der Waals surface area contributed by atoms with Crippen molar-refractivity contribution in [3.05, 3.63) is 0 Å². The Hall–Kier alpha value is -0.570. The van der Waals surface area contributed by atoms with Gasteiger partial charge in [0, 0.05) is 30.6 Å². The highest BCUT2D eigenvalue weighted by Crippen LogP contribution is 2.22. The van der Waals surface area contributed by atoms with Crippen molar-refractivity contribution >= 4 is 5.91 Å². The van der Waals surface area contributed by atoms with E-state index in [9.17, 15) is 4.79 Å². The molecule has 1 unspecified atom stereocenters. The Kier molecular flexibility index (Phi) is 6.07. The predicted molar refractivity (Wildman–Crippen MR) is 83.2 cm³/mol. The Morgan fingerprint density at radius 1 is 1.00 bits per heavy atom. The van der Waals surface area contributed by atoms with Crippen LogP contribution in [0.2, 0.25) is 0 Å². The standard InChI is InChI=1S/C16H34N2O/c1-12(2)13(11-17(9)16(6,7)8)18(10)14(19)15(3,4)5/h12-13H,11H2,1-10H3. The van der Waals surface area contributed by atoms with E-state index in [0.717, 1.165) is 6.54 Å². The Balaban J connectivity index is 4.99. The van der Waals surface area contributed by atoms with E-state index in [1.165, 1.54) is 0 Å². The fourth-order valence-electron chi connectivity index (χ4n) is 2.01. The van der Waals surface area contributed by atoms with E-state index in [2.05, 4.69) is 46.6 Å². The fourth-order valence-corrected chi connectivity index (χ4v) is 2.01. The van der Waals surface area contributed by atoms with Crippen molar-refractivity contribution in [2.75, 3.05) is 20.6 Å². The molecule has 0 saturated carbocycles. The number of hydrogen-bond acceptors (Lipinski definition) is 2. The van der Waals surface area contributed by atoms with Gasteiger partial charge in [-0.1, -0.05) is 34.6 Å². The van der Waals surface area contributed by atoms with Gasteiger partial charge in [-0.05, 0) is 33.7 Å². The second-order valence-corrected chi connectivity index (χ2v) is 8.03. The van der Waals surface area contributed by atoms with Crippen molar-refractivity contribution in [1.82, 2.24) is 9.80 Å². The van der Waals surface area contributed by atoms with E-state index in [-0.39, 0.29) is 22.9 Å². The maximum Gasteiger partial charge on any atom is 0.227 e. The molecule has 19 heavy (non-hydrogen) atoms.